The lowest BCUT2D eigenvalue weighted by Gasteiger charge is -2.07. The van der Waals surface area contributed by atoms with Crippen LogP contribution in [0.25, 0.3) is 17.2 Å². The highest BCUT2D eigenvalue weighted by Gasteiger charge is 2.13. The lowest BCUT2D eigenvalue weighted by Crippen LogP contribution is -2.01. The Morgan fingerprint density at radius 1 is 1.15 bits per heavy atom. The highest BCUT2D eigenvalue weighted by atomic mass is 32.2. The molecule has 26 heavy (non-hydrogen) atoms. The standard InChI is InChI=1S/C18H20N6S2/c1-2-24-17(16-5-3-4-10-21-16)22-23-18(24)25-11-13-6-8-14(9-7-13)15(19)12-26-20/h3-10,12H,2,11,19-20H2,1H3/b15-12-. The predicted octanol–water partition coefficient (Wildman–Crippen LogP) is 3.52. The molecular weight excluding hydrogens is 364 g/mol. The lowest BCUT2D eigenvalue weighted by molar-refractivity contribution is 0.686. The Labute approximate surface area is 161 Å². The molecule has 4 N–H and O–H groups in total. The van der Waals surface area contributed by atoms with Crippen LogP contribution in [0.1, 0.15) is 18.1 Å². The zero-order valence-corrected chi connectivity index (χ0v) is 16.0. The zero-order chi connectivity index (χ0) is 18.4. The van der Waals surface area contributed by atoms with E-state index < -0.39 is 0 Å². The number of nitrogens with two attached hydrogens (primary N) is 2. The van der Waals surface area contributed by atoms with Crippen molar-refractivity contribution in [3.63, 3.8) is 0 Å². The molecule has 2 heterocycles. The molecule has 0 aliphatic carbocycles. The fourth-order valence-electron chi connectivity index (χ4n) is 2.45. The van der Waals surface area contributed by atoms with Crippen molar-refractivity contribution in [3.8, 4) is 11.5 Å². The fraction of sp³-hybridized carbons (Fsp3) is 0.167. The summed E-state index contributed by atoms with van der Waals surface area (Å²) in [6.07, 6.45) is 1.77. The summed E-state index contributed by atoms with van der Waals surface area (Å²) < 4.78 is 2.08. The average Bonchev–Trinajstić information content (AvgIpc) is 3.10. The maximum atomic E-state index is 5.94. The van der Waals surface area contributed by atoms with Crippen molar-refractivity contribution in [3.05, 3.63) is 65.2 Å². The first kappa shape index (κ1) is 18.5. The van der Waals surface area contributed by atoms with Crippen LogP contribution in [-0.4, -0.2) is 19.7 Å². The second kappa shape index (κ2) is 8.88. The van der Waals surface area contributed by atoms with E-state index in [1.807, 2.05) is 30.3 Å². The largest absolute Gasteiger partial charge is 0.398 e. The Kier molecular flexibility index (Phi) is 6.32. The van der Waals surface area contributed by atoms with Crippen LogP contribution in [0.3, 0.4) is 0 Å². The quantitative estimate of drug-likeness (QED) is 0.475. The SMILES string of the molecule is CCn1c(SCc2ccc(/C(N)=C/SN)cc2)nnc1-c1ccccn1. The number of hydrogen-bond acceptors (Lipinski definition) is 7. The van der Waals surface area contributed by atoms with E-state index in [-0.39, 0.29) is 0 Å². The van der Waals surface area contributed by atoms with Crippen molar-refractivity contribution >= 4 is 29.4 Å². The molecule has 0 saturated heterocycles. The van der Waals surface area contributed by atoms with Crippen LogP contribution in [0.4, 0.5) is 0 Å². The van der Waals surface area contributed by atoms with Crippen molar-refractivity contribution in [2.45, 2.75) is 24.4 Å². The van der Waals surface area contributed by atoms with Gasteiger partial charge in [-0.05, 0) is 30.2 Å². The van der Waals surface area contributed by atoms with Crippen LogP contribution in [-0.2, 0) is 12.3 Å². The Bertz CT molecular complexity index is 874. The van der Waals surface area contributed by atoms with Gasteiger partial charge in [-0.15, -0.1) is 10.2 Å². The predicted molar refractivity (Wildman–Crippen MR) is 109 cm³/mol. The Balaban J connectivity index is 1.72. The average molecular weight is 385 g/mol. The molecule has 1 aromatic carbocycles. The van der Waals surface area contributed by atoms with Gasteiger partial charge in [0.05, 0.1) is 0 Å². The molecule has 0 atom stereocenters. The van der Waals surface area contributed by atoms with Crippen molar-refractivity contribution < 1.29 is 0 Å². The molecule has 134 valence electrons. The van der Waals surface area contributed by atoms with Crippen LogP contribution in [0.5, 0.6) is 0 Å². The fourth-order valence-corrected chi connectivity index (χ4v) is 3.69. The maximum Gasteiger partial charge on any atom is 0.191 e. The number of thioether (sulfide) groups is 1. The van der Waals surface area contributed by atoms with Gasteiger partial charge in [-0.1, -0.05) is 54.0 Å². The third-order valence-electron chi connectivity index (χ3n) is 3.78. The molecular formula is C18H20N6S2. The van der Waals surface area contributed by atoms with E-state index >= 15 is 0 Å². The van der Waals surface area contributed by atoms with Crippen LogP contribution >= 0.6 is 23.7 Å². The van der Waals surface area contributed by atoms with Gasteiger partial charge in [0, 0.05) is 29.6 Å². The second-order valence-electron chi connectivity index (χ2n) is 5.46. The van der Waals surface area contributed by atoms with Crippen molar-refractivity contribution in [2.75, 3.05) is 0 Å². The molecule has 0 aliphatic rings. The van der Waals surface area contributed by atoms with Crippen LogP contribution in [0, 0.1) is 0 Å². The van der Waals surface area contributed by atoms with Gasteiger partial charge in [0.15, 0.2) is 11.0 Å². The Morgan fingerprint density at radius 2 is 1.96 bits per heavy atom. The van der Waals surface area contributed by atoms with Crippen molar-refractivity contribution in [1.29, 1.82) is 0 Å². The minimum absolute atomic E-state index is 0.669. The molecule has 8 heteroatoms. The Hall–Kier alpha value is -2.29. The van der Waals surface area contributed by atoms with Gasteiger partial charge in [0.2, 0.25) is 0 Å². The smallest absolute Gasteiger partial charge is 0.191 e. The summed E-state index contributed by atoms with van der Waals surface area (Å²) >= 11 is 2.76. The molecule has 0 spiro atoms. The molecule has 0 radical (unpaired) electrons. The minimum atomic E-state index is 0.669. The van der Waals surface area contributed by atoms with Crippen LogP contribution in [0.15, 0.2) is 59.2 Å². The summed E-state index contributed by atoms with van der Waals surface area (Å²) in [5, 5.41) is 16.7. The monoisotopic (exact) mass is 384 g/mol. The normalized spacial score (nSPS) is 11.7. The molecule has 6 nitrogen and oxygen atoms in total. The topological polar surface area (TPSA) is 95.6 Å². The van der Waals surface area contributed by atoms with E-state index in [1.165, 1.54) is 5.56 Å². The van der Waals surface area contributed by atoms with Crippen molar-refractivity contribution in [1.82, 2.24) is 19.7 Å². The van der Waals surface area contributed by atoms with Gasteiger partial charge in [0.25, 0.3) is 0 Å². The molecule has 2 aromatic heterocycles. The van der Waals surface area contributed by atoms with Gasteiger partial charge < -0.3 is 10.3 Å². The third-order valence-corrected chi connectivity index (χ3v) is 5.21. The molecule has 0 unspecified atom stereocenters. The van der Waals surface area contributed by atoms with Gasteiger partial charge in [0.1, 0.15) is 5.69 Å². The van der Waals surface area contributed by atoms with Gasteiger partial charge in [-0.2, -0.15) is 0 Å². The van der Waals surface area contributed by atoms with Crippen LogP contribution in [0.2, 0.25) is 0 Å². The van der Waals surface area contributed by atoms with E-state index in [0.29, 0.717) is 5.70 Å². The highest BCUT2D eigenvalue weighted by molar-refractivity contribution is 8.00. The number of benzene rings is 1. The summed E-state index contributed by atoms with van der Waals surface area (Å²) in [7, 11) is 0. The molecule has 0 aliphatic heterocycles. The second-order valence-corrected chi connectivity index (χ2v) is 6.91. The summed E-state index contributed by atoms with van der Waals surface area (Å²) in [5.74, 6) is 1.60. The molecule has 3 rings (SSSR count). The lowest BCUT2D eigenvalue weighted by atomic mass is 10.1. The molecule has 0 fully saturated rings. The molecule has 3 aromatic rings. The Morgan fingerprint density at radius 3 is 2.62 bits per heavy atom. The first-order chi connectivity index (χ1) is 12.7. The summed E-state index contributed by atoms with van der Waals surface area (Å²) in [5.41, 5.74) is 9.60. The van der Waals surface area contributed by atoms with E-state index in [0.717, 1.165) is 46.5 Å². The number of rotatable bonds is 7. The molecule has 0 bridgehead atoms. The first-order valence-electron chi connectivity index (χ1n) is 8.10. The third kappa shape index (κ3) is 4.27. The van der Waals surface area contributed by atoms with Gasteiger partial charge in [-0.25, -0.2) is 0 Å². The van der Waals surface area contributed by atoms with E-state index in [2.05, 4.69) is 38.8 Å². The summed E-state index contributed by atoms with van der Waals surface area (Å²) in [6.45, 7) is 2.87. The van der Waals surface area contributed by atoms with Crippen LogP contribution < -0.4 is 10.9 Å². The zero-order valence-electron chi connectivity index (χ0n) is 14.4. The number of pyridine rings is 1. The first-order valence-corrected chi connectivity index (χ1v) is 10.0. The number of aromatic nitrogens is 4. The number of nitrogens with zero attached hydrogens (tertiary/aromatic N) is 4. The van der Waals surface area contributed by atoms with E-state index in [9.17, 15) is 0 Å². The number of hydrogen-bond donors (Lipinski definition) is 2. The molecule has 0 saturated carbocycles. The maximum absolute atomic E-state index is 5.94. The van der Waals surface area contributed by atoms with Gasteiger partial charge in [-0.3, -0.25) is 10.1 Å². The van der Waals surface area contributed by atoms with Gasteiger partial charge >= 0.3 is 0 Å². The van der Waals surface area contributed by atoms with E-state index in [1.54, 1.807) is 23.4 Å². The highest BCUT2D eigenvalue weighted by Crippen LogP contribution is 2.26. The summed E-state index contributed by atoms with van der Waals surface area (Å²) in [4.78, 5) is 4.37. The van der Waals surface area contributed by atoms with E-state index in [4.69, 9.17) is 10.9 Å². The molecule has 0 amide bonds. The van der Waals surface area contributed by atoms with Crippen molar-refractivity contribution in [2.24, 2.45) is 10.9 Å². The summed E-state index contributed by atoms with van der Waals surface area (Å²) in [6, 6.07) is 13.9. The minimum Gasteiger partial charge on any atom is -0.398 e.